The van der Waals surface area contributed by atoms with E-state index < -0.39 is 0 Å². The molecule has 0 aliphatic heterocycles. The van der Waals surface area contributed by atoms with Crippen LogP contribution in [0.1, 0.15) is 30.0 Å². The molecule has 0 amide bonds. The number of aromatic nitrogens is 2. The van der Waals surface area contributed by atoms with E-state index in [0.29, 0.717) is 6.54 Å². The van der Waals surface area contributed by atoms with Crippen molar-refractivity contribution in [1.82, 2.24) is 15.3 Å². The van der Waals surface area contributed by atoms with Gasteiger partial charge in [-0.05, 0) is 19.1 Å². The number of pyridine rings is 1. The molecule has 0 spiro atoms. The zero-order valence-electron chi connectivity index (χ0n) is 10.2. The Hall–Kier alpha value is -1.68. The SMILES string of the molecule is CCc1cnc(CNCc2cccc(C)n2)o1. The van der Waals surface area contributed by atoms with Gasteiger partial charge in [-0.2, -0.15) is 0 Å². The second-order valence-corrected chi connectivity index (χ2v) is 3.95. The van der Waals surface area contributed by atoms with Gasteiger partial charge in [0, 0.05) is 18.7 Å². The molecule has 4 nitrogen and oxygen atoms in total. The van der Waals surface area contributed by atoms with Gasteiger partial charge in [-0.1, -0.05) is 13.0 Å². The summed E-state index contributed by atoms with van der Waals surface area (Å²) in [7, 11) is 0. The summed E-state index contributed by atoms with van der Waals surface area (Å²) in [5.74, 6) is 1.66. The van der Waals surface area contributed by atoms with Crippen molar-refractivity contribution in [2.45, 2.75) is 33.4 Å². The van der Waals surface area contributed by atoms with E-state index in [1.165, 1.54) is 0 Å². The number of oxazole rings is 1. The van der Waals surface area contributed by atoms with Crippen molar-refractivity contribution in [2.24, 2.45) is 0 Å². The molecular weight excluding hydrogens is 214 g/mol. The Bertz CT molecular complexity index is 479. The first-order valence-corrected chi connectivity index (χ1v) is 5.84. The average Bonchev–Trinajstić information content (AvgIpc) is 2.77. The molecule has 0 radical (unpaired) electrons. The third-order valence-corrected chi connectivity index (χ3v) is 2.48. The third-order valence-electron chi connectivity index (χ3n) is 2.48. The second-order valence-electron chi connectivity index (χ2n) is 3.95. The molecule has 90 valence electrons. The van der Waals surface area contributed by atoms with Crippen molar-refractivity contribution < 1.29 is 4.42 Å². The van der Waals surface area contributed by atoms with Crippen molar-refractivity contribution in [1.29, 1.82) is 0 Å². The minimum Gasteiger partial charge on any atom is -0.444 e. The lowest BCUT2D eigenvalue weighted by Crippen LogP contribution is -2.14. The van der Waals surface area contributed by atoms with Crippen LogP contribution in [0, 0.1) is 6.92 Å². The molecule has 17 heavy (non-hydrogen) atoms. The van der Waals surface area contributed by atoms with Crippen molar-refractivity contribution in [3.8, 4) is 0 Å². The first-order chi connectivity index (χ1) is 8.28. The Morgan fingerprint density at radius 3 is 2.88 bits per heavy atom. The van der Waals surface area contributed by atoms with Gasteiger partial charge in [0.15, 0.2) is 0 Å². The minimum atomic E-state index is 0.635. The maximum Gasteiger partial charge on any atom is 0.208 e. The molecule has 4 heteroatoms. The maximum absolute atomic E-state index is 5.50. The van der Waals surface area contributed by atoms with Crippen LogP contribution in [0.3, 0.4) is 0 Å². The molecule has 0 aliphatic rings. The number of aryl methyl sites for hydroxylation is 2. The minimum absolute atomic E-state index is 0.635. The van der Waals surface area contributed by atoms with Crippen LogP contribution in [0.5, 0.6) is 0 Å². The normalized spacial score (nSPS) is 10.7. The zero-order chi connectivity index (χ0) is 12.1. The summed E-state index contributed by atoms with van der Waals surface area (Å²) in [5.41, 5.74) is 2.07. The van der Waals surface area contributed by atoms with Gasteiger partial charge in [0.25, 0.3) is 0 Å². The number of hydrogen-bond acceptors (Lipinski definition) is 4. The molecule has 0 atom stereocenters. The molecule has 0 saturated heterocycles. The molecule has 0 aliphatic carbocycles. The first kappa shape index (κ1) is 11.8. The predicted octanol–water partition coefficient (Wildman–Crippen LogP) is 2.23. The van der Waals surface area contributed by atoms with Gasteiger partial charge < -0.3 is 9.73 Å². The summed E-state index contributed by atoms with van der Waals surface area (Å²) >= 11 is 0. The molecule has 0 unspecified atom stereocenters. The summed E-state index contributed by atoms with van der Waals surface area (Å²) in [6.45, 7) is 5.40. The zero-order valence-corrected chi connectivity index (χ0v) is 10.2. The molecule has 0 saturated carbocycles. The molecule has 1 N–H and O–H groups in total. The van der Waals surface area contributed by atoms with Crippen molar-refractivity contribution in [2.75, 3.05) is 0 Å². The quantitative estimate of drug-likeness (QED) is 0.857. The van der Waals surface area contributed by atoms with Crippen molar-refractivity contribution in [3.05, 3.63) is 47.4 Å². The highest BCUT2D eigenvalue weighted by Gasteiger charge is 2.02. The molecule has 2 heterocycles. The smallest absolute Gasteiger partial charge is 0.208 e. The summed E-state index contributed by atoms with van der Waals surface area (Å²) in [6.07, 6.45) is 2.66. The largest absolute Gasteiger partial charge is 0.444 e. The van der Waals surface area contributed by atoms with Crippen LogP contribution in [0.15, 0.2) is 28.8 Å². The van der Waals surface area contributed by atoms with E-state index in [4.69, 9.17) is 4.42 Å². The molecule has 0 fully saturated rings. The Balaban J connectivity index is 1.83. The van der Waals surface area contributed by atoms with Gasteiger partial charge in [-0.3, -0.25) is 4.98 Å². The Labute approximate surface area is 101 Å². The molecule has 2 rings (SSSR count). The van der Waals surface area contributed by atoms with E-state index in [0.717, 1.165) is 36.0 Å². The number of rotatable bonds is 5. The van der Waals surface area contributed by atoms with E-state index in [2.05, 4.69) is 15.3 Å². The summed E-state index contributed by atoms with van der Waals surface area (Å²) in [5, 5.41) is 3.26. The van der Waals surface area contributed by atoms with E-state index in [-0.39, 0.29) is 0 Å². The molecular formula is C13H17N3O. The van der Waals surface area contributed by atoms with Crippen LogP contribution in [0.25, 0.3) is 0 Å². The lowest BCUT2D eigenvalue weighted by molar-refractivity contribution is 0.438. The molecule has 0 bridgehead atoms. The standard InChI is InChI=1S/C13H17N3O/c1-3-12-8-15-13(17-12)9-14-7-11-6-4-5-10(2)16-11/h4-6,8,14H,3,7,9H2,1-2H3. The monoisotopic (exact) mass is 231 g/mol. The first-order valence-electron chi connectivity index (χ1n) is 5.84. The Morgan fingerprint density at radius 1 is 1.29 bits per heavy atom. The van der Waals surface area contributed by atoms with Crippen LogP contribution in [-0.4, -0.2) is 9.97 Å². The highest BCUT2D eigenvalue weighted by atomic mass is 16.4. The summed E-state index contributed by atoms with van der Waals surface area (Å²) in [4.78, 5) is 8.60. The Kier molecular flexibility index (Phi) is 3.88. The van der Waals surface area contributed by atoms with Crippen LogP contribution in [0.4, 0.5) is 0 Å². The van der Waals surface area contributed by atoms with E-state index in [1.807, 2.05) is 32.0 Å². The summed E-state index contributed by atoms with van der Waals surface area (Å²) in [6, 6.07) is 6.01. The fourth-order valence-corrected chi connectivity index (χ4v) is 1.59. The topological polar surface area (TPSA) is 51.0 Å². The highest BCUT2D eigenvalue weighted by molar-refractivity contribution is 5.09. The molecule has 2 aromatic heterocycles. The van der Waals surface area contributed by atoms with Crippen LogP contribution >= 0.6 is 0 Å². The van der Waals surface area contributed by atoms with Crippen molar-refractivity contribution in [3.63, 3.8) is 0 Å². The van der Waals surface area contributed by atoms with E-state index in [9.17, 15) is 0 Å². The lowest BCUT2D eigenvalue weighted by atomic mass is 10.3. The lowest BCUT2D eigenvalue weighted by Gasteiger charge is -2.02. The fourth-order valence-electron chi connectivity index (χ4n) is 1.59. The third kappa shape index (κ3) is 3.39. The van der Waals surface area contributed by atoms with Crippen LogP contribution < -0.4 is 5.32 Å². The maximum atomic E-state index is 5.50. The van der Waals surface area contributed by atoms with Crippen molar-refractivity contribution >= 4 is 0 Å². The van der Waals surface area contributed by atoms with Gasteiger partial charge in [0.2, 0.25) is 5.89 Å². The average molecular weight is 231 g/mol. The van der Waals surface area contributed by atoms with Crippen LogP contribution in [-0.2, 0) is 19.5 Å². The Morgan fingerprint density at radius 2 is 2.18 bits per heavy atom. The number of hydrogen-bond donors (Lipinski definition) is 1. The van der Waals surface area contributed by atoms with Gasteiger partial charge in [-0.15, -0.1) is 0 Å². The summed E-state index contributed by atoms with van der Waals surface area (Å²) < 4.78 is 5.50. The highest BCUT2D eigenvalue weighted by Crippen LogP contribution is 2.04. The van der Waals surface area contributed by atoms with E-state index >= 15 is 0 Å². The van der Waals surface area contributed by atoms with Gasteiger partial charge in [0.1, 0.15) is 5.76 Å². The molecule has 2 aromatic rings. The number of nitrogens with one attached hydrogen (secondary N) is 1. The van der Waals surface area contributed by atoms with E-state index in [1.54, 1.807) is 6.20 Å². The van der Waals surface area contributed by atoms with Gasteiger partial charge in [0.05, 0.1) is 18.4 Å². The second kappa shape index (κ2) is 5.59. The predicted molar refractivity (Wildman–Crippen MR) is 65.4 cm³/mol. The van der Waals surface area contributed by atoms with Gasteiger partial charge >= 0.3 is 0 Å². The molecule has 0 aromatic carbocycles. The number of nitrogens with zero attached hydrogens (tertiary/aromatic N) is 2. The van der Waals surface area contributed by atoms with Gasteiger partial charge in [-0.25, -0.2) is 4.98 Å². The van der Waals surface area contributed by atoms with Crippen LogP contribution in [0.2, 0.25) is 0 Å². The fraction of sp³-hybridized carbons (Fsp3) is 0.385.